The van der Waals surface area contributed by atoms with Gasteiger partial charge in [0.2, 0.25) is 0 Å². The van der Waals surface area contributed by atoms with E-state index in [-0.39, 0.29) is 11.4 Å². The van der Waals surface area contributed by atoms with Crippen LogP contribution in [0.1, 0.15) is 49.3 Å². The number of fused-ring (bicyclic) bond motifs is 1. The van der Waals surface area contributed by atoms with Crippen LogP contribution in [0.3, 0.4) is 0 Å². The van der Waals surface area contributed by atoms with E-state index >= 15 is 0 Å². The minimum Gasteiger partial charge on any atom is -0.507 e. The molecule has 0 bridgehead atoms. The monoisotopic (exact) mass is 316 g/mol. The summed E-state index contributed by atoms with van der Waals surface area (Å²) in [4.78, 5) is 13.1. The average Bonchev–Trinajstić information content (AvgIpc) is 2.50. The van der Waals surface area contributed by atoms with Crippen LogP contribution in [0.4, 0.5) is 0 Å². The summed E-state index contributed by atoms with van der Waals surface area (Å²) in [6.45, 7) is 8.09. The molecule has 0 aliphatic carbocycles. The van der Waals surface area contributed by atoms with Crippen LogP contribution in [0, 0.1) is 13.8 Å². The molecule has 23 heavy (non-hydrogen) atoms. The van der Waals surface area contributed by atoms with Gasteiger partial charge >= 0.3 is 5.63 Å². The smallest absolute Gasteiger partial charge is 0.336 e. The van der Waals surface area contributed by atoms with Crippen molar-refractivity contribution in [1.29, 1.82) is 0 Å². The molecule has 1 fully saturated rings. The maximum atomic E-state index is 11.6. The Balaban J connectivity index is 2.05. The van der Waals surface area contributed by atoms with E-state index in [1.54, 1.807) is 4.90 Å². The van der Waals surface area contributed by atoms with Crippen LogP contribution in [0.5, 0.6) is 5.75 Å². The van der Waals surface area contributed by atoms with Crippen LogP contribution >= 0.6 is 0 Å². The van der Waals surface area contributed by atoms with E-state index in [1.807, 2.05) is 19.9 Å². The van der Waals surface area contributed by atoms with Crippen molar-refractivity contribution in [2.45, 2.75) is 59.0 Å². The number of aryl methyl sites for hydroxylation is 2. The first kappa shape index (κ1) is 16.1. The van der Waals surface area contributed by atoms with Crippen LogP contribution in [0.15, 0.2) is 21.3 Å². The number of phenols is 1. The predicted octanol–water partition coefficient (Wildman–Crippen LogP) is 2.46. The van der Waals surface area contributed by atoms with Gasteiger partial charge in [0.05, 0.1) is 23.5 Å². The molecule has 1 aliphatic rings. The first-order valence-corrected chi connectivity index (χ1v) is 8.61. The highest BCUT2D eigenvalue weighted by atomic mass is 16.4. The maximum absolute atomic E-state index is 11.6. The molecule has 1 aromatic carbocycles. The van der Waals surface area contributed by atoms with Gasteiger partial charge in [0.1, 0.15) is 17.9 Å². The Morgan fingerprint density at radius 2 is 2.04 bits per heavy atom. The SMILES string of the molecule is CC[C@@H]1CCCC[NH+]1Cc1c(C)cc2oc(=O)cc(C)c2c1O. The molecule has 4 nitrogen and oxygen atoms in total. The number of benzene rings is 1. The molecule has 0 radical (unpaired) electrons. The number of nitrogens with one attached hydrogen (secondary N) is 1. The Bertz CT molecular complexity index is 778. The molecule has 0 amide bonds. The lowest BCUT2D eigenvalue weighted by atomic mass is 9.96. The Hall–Kier alpha value is -1.81. The molecule has 2 heterocycles. The number of hydrogen-bond donors (Lipinski definition) is 2. The fourth-order valence-corrected chi connectivity index (χ4v) is 3.99. The van der Waals surface area contributed by atoms with E-state index in [0.717, 1.165) is 29.8 Å². The van der Waals surface area contributed by atoms with Crippen molar-refractivity contribution in [2.24, 2.45) is 0 Å². The first-order valence-electron chi connectivity index (χ1n) is 8.61. The second-order valence-corrected chi connectivity index (χ2v) is 6.83. The van der Waals surface area contributed by atoms with Crippen LogP contribution in [0.2, 0.25) is 0 Å². The predicted molar refractivity (Wildman–Crippen MR) is 91.1 cm³/mol. The highest BCUT2D eigenvalue weighted by Crippen LogP contribution is 2.32. The van der Waals surface area contributed by atoms with Gasteiger partial charge in [-0.25, -0.2) is 4.79 Å². The lowest BCUT2D eigenvalue weighted by Gasteiger charge is -2.32. The molecule has 4 heteroatoms. The van der Waals surface area contributed by atoms with Gasteiger partial charge in [0, 0.05) is 6.07 Å². The average molecular weight is 316 g/mol. The van der Waals surface area contributed by atoms with Crippen LogP contribution < -0.4 is 10.5 Å². The highest BCUT2D eigenvalue weighted by Gasteiger charge is 2.27. The van der Waals surface area contributed by atoms with E-state index in [4.69, 9.17) is 4.42 Å². The number of quaternary nitrogens is 1. The van der Waals surface area contributed by atoms with Crippen molar-refractivity contribution in [3.05, 3.63) is 39.2 Å². The summed E-state index contributed by atoms with van der Waals surface area (Å²) >= 11 is 0. The van der Waals surface area contributed by atoms with Crippen molar-refractivity contribution >= 4 is 11.0 Å². The minimum absolute atomic E-state index is 0.286. The molecular weight excluding hydrogens is 290 g/mol. The topological polar surface area (TPSA) is 54.9 Å². The summed E-state index contributed by atoms with van der Waals surface area (Å²) in [6, 6.07) is 4.01. The Morgan fingerprint density at radius 1 is 1.26 bits per heavy atom. The van der Waals surface area contributed by atoms with Crippen LogP contribution in [-0.4, -0.2) is 17.7 Å². The standard InChI is InChI=1S/C19H25NO3/c1-4-14-7-5-6-8-20(14)11-15-12(2)9-16-18(19(15)22)13(3)10-17(21)23-16/h9-10,14,22H,4-8,11H2,1-3H3/p+1/t14-/m1/s1. The second kappa shape index (κ2) is 6.36. The van der Waals surface area contributed by atoms with E-state index in [9.17, 15) is 9.90 Å². The number of aromatic hydroxyl groups is 1. The number of likely N-dealkylation sites (tertiary alicyclic amines) is 1. The molecule has 2 N–H and O–H groups in total. The second-order valence-electron chi connectivity index (χ2n) is 6.83. The molecule has 1 saturated heterocycles. The quantitative estimate of drug-likeness (QED) is 0.855. The van der Waals surface area contributed by atoms with Crippen molar-refractivity contribution in [3.8, 4) is 5.75 Å². The summed E-state index contributed by atoms with van der Waals surface area (Å²) in [5.41, 5.74) is 2.88. The van der Waals surface area contributed by atoms with Gasteiger partial charge in [0.15, 0.2) is 0 Å². The Labute approximate surface area is 136 Å². The normalized spacial score (nSPS) is 21.7. The lowest BCUT2D eigenvalue weighted by Crippen LogP contribution is -3.15. The first-order chi connectivity index (χ1) is 11.0. The summed E-state index contributed by atoms with van der Waals surface area (Å²) in [7, 11) is 0. The molecule has 3 rings (SSSR count). The van der Waals surface area contributed by atoms with E-state index in [0.29, 0.717) is 17.0 Å². The van der Waals surface area contributed by atoms with Gasteiger partial charge in [-0.05, 0) is 56.7 Å². The van der Waals surface area contributed by atoms with Crippen molar-refractivity contribution < 1.29 is 14.4 Å². The number of phenolic OH excluding ortho intramolecular Hbond substituents is 1. The summed E-state index contributed by atoms with van der Waals surface area (Å²) < 4.78 is 5.27. The molecule has 1 unspecified atom stereocenters. The van der Waals surface area contributed by atoms with Gasteiger partial charge < -0.3 is 14.4 Å². The van der Waals surface area contributed by atoms with Crippen molar-refractivity contribution in [3.63, 3.8) is 0 Å². The molecule has 2 atom stereocenters. The summed E-state index contributed by atoms with van der Waals surface area (Å²) in [5.74, 6) is 0.286. The maximum Gasteiger partial charge on any atom is 0.336 e. The molecule has 1 aliphatic heterocycles. The number of piperidine rings is 1. The molecule has 124 valence electrons. The van der Waals surface area contributed by atoms with E-state index in [2.05, 4.69) is 6.92 Å². The number of hydrogen-bond acceptors (Lipinski definition) is 3. The van der Waals surface area contributed by atoms with Crippen molar-refractivity contribution in [1.82, 2.24) is 0 Å². The summed E-state index contributed by atoms with van der Waals surface area (Å²) in [6.07, 6.45) is 5.02. The highest BCUT2D eigenvalue weighted by molar-refractivity contribution is 5.88. The number of rotatable bonds is 3. The van der Waals surface area contributed by atoms with Crippen LogP contribution in [0.25, 0.3) is 11.0 Å². The summed E-state index contributed by atoms with van der Waals surface area (Å²) in [5, 5.41) is 11.5. The van der Waals surface area contributed by atoms with E-state index in [1.165, 1.54) is 31.7 Å². The zero-order chi connectivity index (χ0) is 16.6. The Kier molecular flexibility index (Phi) is 4.44. The fourth-order valence-electron chi connectivity index (χ4n) is 3.99. The molecular formula is C19H26NO3+. The zero-order valence-electron chi connectivity index (χ0n) is 14.2. The third-order valence-corrected chi connectivity index (χ3v) is 5.31. The third-order valence-electron chi connectivity index (χ3n) is 5.31. The zero-order valence-corrected chi connectivity index (χ0v) is 14.2. The molecule has 0 spiro atoms. The fraction of sp³-hybridized carbons (Fsp3) is 0.526. The third kappa shape index (κ3) is 3.00. The van der Waals surface area contributed by atoms with Gasteiger partial charge in [-0.15, -0.1) is 0 Å². The van der Waals surface area contributed by atoms with E-state index < -0.39 is 0 Å². The molecule has 2 aromatic rings. The molecule has 0 saturated carbocycles. The van der Waals surface area contributed by atoms with Gasteiger partial charge in [-0.1, -0.05) is 6.92 Å². The van der Waals surface area contributed by atoms with Crippen molar-refractivity contribution in [2.75, 3.05) is 6.54 Å². The van der Waals surface area contributed by atoms with Gasteiger partial charge in [-0.2, -0.15) is 0 Å². The Morgan fingerprint density at radius 3 is 2.78 bits per heavy atom. The van der Waals surface area contributed by atoms with Crippen LogP contribution in [-0.2, 0) is 6.54 Å². The molecule has 1 aromatic heterocycles. The van der Waals surface area contributed by atoms with Gasteiger partial charge in [-0.3, -0.25) is 0 Å². The van der Waals surface area contributed by atoms with Gasteiger partial charge in [0.25, 0.3) is 0 Å². The minimum atomic E-state index is -0.366. The lowest BCUT2D eigenvalue weighted by molar-refractivity contribution is -0.944. The largest absolute Gasteiger partial charge is 0.507 e.